The Morgan fingerprint density at radius 1 is 1.32 bits per heavy atom. The van der Waals surface area contributed by atoms with Gasteiger partial charge in [-0.2, -0.15) is 13.9 Å². The number of anilines is 2. The SMILES string of the molecule is Cn1cc(Nc2ccccc2S(=O)(=O)C(F)F)cn1. The van der Waals surface area contributed by atoms with Crippen LogP contribution in [0, 0.1) is 0 Å². The Balaban J connectivity index is 2.42. The van der Waals surface area contributed by atoms with Gasteiger partial charge in [0.2, 0.25) is 9.84 Å². The molecule has 102 valence electrons. The number of hydrogen-bond acceptors (Lipinski definition) is 4. The molecule has 1 aromatic carbocycles. The highest BCUT2D eigenvalue weighted by Gasteiger charge is 2.29. The summed E-state index contributed by atoms with van der Waals surface area (Å²) in [5, 5.41) is 6.65. The van der Waals surface area contributed by atoms with E-state index < -0.39 is 20.5 Å². The van der Waals surface area contributed by atoms with Gasteiger partial charge in [-0.3, -0.25) is 4.68 Å². The maximum atomic E-state index is 12.6. The molecule has 8 heteroatoms. The molecule has 0 radical (unpaired) electrons. The van der Waals surface area contributed by atoms with Crippen molar-refractivity contribution in [3.8, 4) is 0 Å². The quantitative estimate of drug-likeness (QED) is 0.936. The molecule has 0 saturated heterocycles. The van der Waals surface area contributed by atoms with Crippen LogP contribution in [0.3, 0.4) is 0 Å². The van der Waals surface area contributed by atoms with E-state index in [1.165, 1.54) is 23.0 Å². The van der Waals surface area contributed by atoms with E-state index in [0.717, 1.165) is 6.07 Å². The molecule has 1 heterocycles. The Morgan fingerprint density at radius 3 is 2.58 bits per heavy atom. The summed E-state index contributed by atoms with van der Waals surface area (Å²) in [7, 11) is -2.96. The van der Waals surface area contributed by atoms with Crippen molar-refractivity contribution in [1.82, 2.24) is 9.78 Å². The van der Waals surface area contributed by atoms with Gasteiger partial charge in [-0.25, -0.2) is 8.42 Å². The fourth-order valence-electron chi connectivity index (χ4n) is 1.56. The summed E-state index contributed by atoms with van der Waals surface area (Å²) < 4.78 is 49.8. The molecule has 0 fully saturated rings. The molecule has 1 N–H and O–H groups in total. The maximum absolute atomic E-state index is 12.6. The molecule has 0 amide bonds. The lowest BCUT2D eigenvalue weighted by atomic mass is 10.3. The summed E-state index contributed by atoms with van der Waals surface area (Å²) >= 11 is 0. The molecule has 0 aliphatic rings. The van der Waals surface area contributed by atoms with Crippen molar-refractivity contribution in [2.45, 2.75) is 10.7 Å². The average Bonchev–Trinajstić information content (AvgIpc) is 2.75. The fourth-order valence-corrected chi connectivity index (χ4v) is 2.44. The second kappa shape index (κ2) is 4.96. The number of nitrogens with zero attached hydrogens (tertiary/aromatic N) is 2. The van der Waals surface area contributed by atoms with Crippen LogP contribution >= 0.6 is 0 Å². The lowest BCUT2D eigenvalue weighted by molar-refractivity contribution is 0.235. The maximum Gasteiger partial charge on any atom is 0.341 e. The lowest BCUT2D eigenvalue weighted by Crippen LogP contribution is -2.13. The molecule has 0 spiro atoms. The van der Waals surface area contributed by atoms with E-state index in [2.05, 4.69) is 10.4 Å². The number of halogens is 2. The smallest absolute Gasteiger partial charge is 0.341 e. The summed E-state index contributed by atoms with van der Waals surface area (Å²) in [6.07, 6.45) is 3.07. The minimum atomic E-state index is -4.64. The highest BCUT2D eigenvalue weighted by Crippen LogP contribution is 2.28. The van der Waals surface area contributed by atoms with E-state index >= 15 is 0 Å². The fraction of sp³-hybridized carbons (Fsp3) is 0.182. The number of para-hydroxylation sites is 1. The summed E-state index contributed by atoms with van der Waals surface area (Å²) in [5.74, 6) is -3.45. The first-order chi connectivity index (χ1) is 8.91. The van der Waals surface area contributed by atoms with Gasteiger partial charge in [0.15, 0.2) is 0 Å². The van der Waals surface area contributed by atoms with Crippen LogP contribution in [0.1, 0.15) is 0 Å². The van der Waals surface area contributed by atoms with Crippen molar-refractivity contribution in [3.05, 3.63) is 36.7 Å². The topological polar surface area (TPSA) is 64.0 Å². The van der Waals surface area contributed by atoms with E-state index in [-0.39, 0.29) is 5.69 Å². The van der Waals surface area contributed by atoms with Gasteiger partial charge in [0, 0.05) is 13.2 Å². The summed E-state index contributed by atoms with van der Waals surface area (Å²) in [4.78, 5) is -0.436. The summed E-state index contributed by atoms with van der Waals surface area (Å²) in [5.41, 5.74) is 0.607. The van der Waals surface area contributed by atoms with E-state index in [4.69, 9.17) is 0 Å². The molecule has 19 heavy (non-hydrogen) atoms. The Bertz CT molecular complexity index is 683. The molecule has 2 rings (SSSR count). The first-order valence-electron chi connectivity index (χ1n) is 5.28. The van der Waals surface area contributed by atoms with Crippen LogP contribution in [0.2, 0.25) is 0 Å². The molecule has 0 aliphatic heterocycles. The number of alkyl halides is 2. The van der Waals surface area contributed by atoms with Crippen LogP contribution in [-0.4, -0.2) is 24.0 Å². The van der Waals surface area contributed by atoms with Crippen molar-refractivity contribution in [2.75, 3.05) is 5.32 Å². The van der Waals surface area contributed by atoms with Gasteiger partial charge in [0.25, 0.3) is 0 Å². The monoisotopic (exact) mass is 287 g/mol. The number of aromatic nitrogens is 2. The Kier molecular flexibility index (Phi) is 3.52. The minimum absolute atomic E-state index is 0.0933. The van der Waals surface area contributed by atoms with Gasteiger partial charge in [-0.05, 0) is 12.1 Å². The Hall–Kier alpha value is -1.96. The molecule has 0 atom stereocenters. The van der Waals surface area contributed by atoms with Crippen molar-refractivity contribution in [3.63, 3.8) is 0 Å². The van der Waals surface area contributed by atoms with Gasteiger partial charge in [-0.15, -0.1) is 0 Å². The predicted octanol–water partition coefficient (Wildman–Crippen LogP) is 2.16. The van der Waals surface area contributed by atoms with E-state index in [9.17, 15) is 17.2 Å². The molecule has 0 aliphatic carbocycles. The second-order valence-electron chi connectivity index (χ2n) is 3.83. The zero-order chi connectivity index (χ0) is 14.0. The molecule has 5 nitrogen and oxygen atoms in total. The van der Waals surface area contributed by atoms with Crippen LogP contribution in [0.5, 0.6) is 0 Å². The zero-order valence-corrected chi connectivity index (χ0v) is 10.7. The highest BCUT2D eigenvalue weighted by atomic mass is 32.2. The predicted molar refractivity (Wildman–Crippen MR) is 66.1 cm³/mol. The Labute approximate surface area is 108 Å². The van der Waals surface area contributed by atoms with E-state index in [0.29, 0.717) is 5.69 Å². The van der Waals surface area contributed by atoms with Gasteiger partial charge in [0.05, 0.1) is 22.5 Å². The molecule has 2 aromatic rings. The van der Waals surface area contributed by atoms with Crippen LogP contribution in [0.25, 0.3) is 0 Å². The van der Waals surface area contributed by atoms with E-state index in [1.807, 2.05) is 0 Å². The largest absolute Gasteiger partial charge is 0.352 e. The van der Waals surface area contributed by atoms with E-state index in [1.54, 1.807) is 19.3 Å². The number of hydrogen-bond donors (Lipinski definition) is 1. The number of sulfone groups is 1. The number of aryl methyl sites for hydroxylation is 1. The third-order valence-electron chi connectivity index (χ3n) is 2.41. The molecular weight excluding hydrogens is 276 g/mol. The molecule has 0 saturated carbocycles. The van der Waals surface area contributed by atoms with Crippen molar-refractivity contribution >= 4 is 21.2 Å². The standard InChI is InChI=1S/C11H11F2N3O2S/c1-16-7-8(6-14-16)15-9-4-2-3-5-10(9)19(17,18)11(12)13/h2-7,11,15H,1H3. The van der Waals surface area contributed by atoms with Crippen LogP contribution in [-0.2, 0) is 16.9 Å². The van der Waals surface area contributed by atoms with Crippen LogP contribution in [0.15, 0.2) is 41.6 Å². The summed E-state index contributed by atoms with van der Waals surface area (Å²) in [6, 6.07) is 5.51. The normalized spacial score (nSPS) is 11.8. The third kappa shape index (κ3) is 2.73. The van der Waals surface area contributed by atoms with Crippen molar-refractivity contribution in [1.29, 1.82) is 0 Å². The number of nitrogens with one attached hydrogen (secondary N) is 1. The van der Waals surface area contributed by atoms with Crippen LogP contribution < -0.4 is 5.32 Å². The number of rotatable bonds is 4. The lowest BCUT2D eigenvalue weighted by Gasteiger charge is -2.10. The van der Waals surface area contributed by atoms with Crippen molar-refractivity contribution < 1.29 is 17.2 Å². The molecule has 0 unspecified atom stereocenters. The highest BCUT2D eigenvalue weighted by molar-refractivity contribution is 7.91. The molecule has 0 bridgehead atoms. The Morgan fingerprint density at radius 2 is 2.00 bits per heavy atom. The van der Waals surface area contributed by atoms with Gasteiger partial charge < -0.3 is 5.32 Å². The average molecular weight is 287 g/mol. The second-order valence-corrected chi connectivity index (χ2v) is 5.72. The first-order valence-corrected chi connectivity index (χ1v) is 6.82. The van der Waals surface area contributed by atoms with Crippen LogP contribution in [0.4, 0.5) is 20.2 Å². The number of benzene rings is 1. The zero-order valence-electron chi connectivity index (χ0n) is 9.92. The minimum Gasteiger partial charge on any atom is -0.352 e. The third-order valence-corrected chi connectivity index (χ3v) is 3.85. The van der Waals surface area contributed by atoms with Gasteiger partial charge in [-0.1, -0.05) is 12.1 Å². The summed E-state index contributed by atoms with van der Waals surface area (Å²) in [6.45, 7) is 0. The molecule has 1 aromatic heterocycles. The first kappa shape index (κ1) is 13.5. The van der Waals surface area contributed by atoms with Gasteiger partial charge >= 0.3 is 5.76 Å². The van der Waals surface area contributed by atoms with Crippen molar-refractivity contribution in [2.24, 2.45) is 7.05 Å². The molecular formula is C11H11F2N3O2S. The van der Waals surface area contributed by atoms with Gasteiger partial charge in [0.1, 0.15) is 0 Å².